The molecule has 1 aliphatic rings. The molecule has 0 aromatic heterocycles. The molecule has 0 aromatic rings. The summed E-state index contributed by atoms with van der Waals surface area (Å²) in [5.41, 5.74) is 0. The lowest BCUT2D eigenvalue weighted by Gasteiger charge is -2.27. The standard InChI is InChI=1S/C13H26N2O4S/c1-4-5-9-15(10-12-7-6-8-14-12)20(17,18)11(2)13(16)19-3/h11-12,14H,4-10H2,1-3H3. The minimum Gasteiger partial charge on any atom is -0.468 e. The number of carbonyl (C=O) groups excluding carboxylic acids is 1. The van der Waals surface area contributed by atoms with E-state index < -0.39 is 21.2 Å². The van der Waals surface area contributed by atoms with Crippen LogP contribution in [-0.2, 0) is 19.6 Å². The number of sulfonamides is 1. The van der Waals surface area contributed by atoms with Gasteiger partial charge in [0.25, 0.3) is 0 Å². The topological polar surface area (TPSA) is 75.7 Å². The molecule has 0 aliphatic carbocycles. The van der Waals surface area contributed by atoms with E-state index in [4.69, 9.17) is 0 Å². The van der Waals surface area contributed by atoms with Gasteiger partial charge in [-0.15, -0.1) is 0 Å². The molecule has 1 saturated heterocycles. The summed E-state index contributed by atoms with van der Waals surface area (Å²) < 4.78 is 31.1. The van der Waals surface area contributed by atoms with Crippen LogP contribution in [0.2, 0.25) is 0 Å². The van der Waals surface area contributed by atoms with Gasteiger partial charge in [0.05, 0.1) is 7.11 Å². The number of rotatable bonds is 8. The third-order valence-corrected chi connectivity index (χ3v) is 5.82. The van der Waals surface area contributed by atoms with Crippen molar-refractivity contribution in [3.05, 3.63) is 0 Å². The Morgan fingerprint density at radius 3 is 2.70 bits per heavy atom. The Balaban J connectivity index is 2.80. The minimum absolute atomic E-state index is 0.187. The van der Waals surface area contributed by atoms with Gasteiger partial charge in [-0.3, -0.25) is 4.79 Å². The molecule has 1 heterocycles. The van der Waals surface area contributed by atoms with Crippen LogP contribution in [0.25, 0.3) is 0 Å². The minimum atomic E-state index is -3.65. The van der Waals surface area contributed by atoms with E-state index in [-0.39, 0.29) is 6.04 Å². The number of nitrogens with one attached hydrogen (secondary N) is 1. The second kappa shape index (κ2) is 7.95. The molecule has 0 saturated carbocycles. The van der Waals surface area contributed by atoms with Gasteiger partial charge in [-0.05, 0) is 32.7 Å². The van der Waals surface area contributed by atoms with Gasteiger partial charge in [0.1, 0.15) is 0 Å². The van der Waals surface area contributed by atoms with Crippen LogP contribution in [0.4, 0.5) is 0 Å². The molecule has 0 spiro atoms. The summed E-state index contributed by atoms with van der Waals surface area (Å²) in [5, 5.41) is 2.15. The highest BCUT2D eigenvalue weighted by molar-refractivity contribution is 7.90. The zero-order valence-electron chi connectivity index (χ0n) is 12.6. The molecular formula is C13H26N2O4S. The second-order valence-corrected chi connectivity index (χ2v) is 7.47. The van der Waals surface area contributed by atoms with E-state index in [1.54, 1.807) is 0 Å². The Labute approximate surface area is 121 Å². The Morgan fingerprint density at radius 2 is 2.20 bits per heavy atom. The van der Waals surface area contributed by atoms with Crippen molar-refractivity contribution in [2.75, 3.05) is 26.7 Å². The molecule has 20 heavy (non-hydrogen) atoms. The molecule has 0 radical (unpaired) electrons. The predicted octanol–water partition coefficient (Wildman–Crippen LogP) is 0.732. The lowest BCUT2D eigenvalue weighted by Crippen LogP contribution is -2.47. The number of ether oxygens (including phenoxy) is 1. The van der Waals surface area contributed by atoms with Crippen molar-refractivity contribution in [3.63, 3.8) is 0 Å². The fourth-order valence-corrected chi connectivity index (χ4v) is 3.88. The molecule has 0 amide bonds. The highest BCUT2D eigenvalue weighted by Crippen LogP contribution is 2.15. The molecule has 2 unspecified atom stereocenters. The van der Waals surface area contributed by atoms with Gasteiger partial charge >= 0.3 is 5.97 Å². The molecule has 6 nitrogen and oxygen atoms in total. The van der Waals surface area contributed by atoms with Crippen molar-refractivity contribution in [1.82, 2.24) is 9.62 Å². The quantitative estimate of drug-likeness (QED) is 0.669. The van der Waals surface area contributed by atoms with E-state index >= 15 is 0 Å². The highest BCUT2D eigenvalue weighted by atomic mass is 32.2. The number of hydrogen-bond acceptors (Lipinski definition) is 5. The van der Waals surface area contributed by atoms with E-state index in [9.17, 15) is 13.2 Å². The van der Waals surface area contributed by atoms with E-state index in [1.807, 2.05) is 6.92 Å². The summed E-state index contributed by atoms with van der Waals surface area (Å²) in [6.07, 6.45) is 3.75. The van der Waals surface area contributed by atoms with E-state index in [2.05, 4.69) is 10.1 Å². The summed E-state index contributed by atoms with van der Waals surface area (Å²) in [6.45, 7) is 5.23. The maximum absolute atomic E-state index is 12.5. The van der Waals surface area contributed by atoms with Crippen LogP contribution in [0.15, 0.2) is 0 Å². The van der Waals surface area contributed by atoms with Crippen molar-refractivity contribution >= 4 is 16.0 Å². The molecule has 7 heteroatoms. The molecule has 1 fully saturated rings. The smallest absolute Gasteiger partial charge is 0.325 e. The van der Waals surface area contributed by atoms with Crippen molar-refractivity contribution < 1.29 is 17.9 Å². The first-order valence-corrected chi connectivity index (χ1v) is 8.74. The fraction of sp³-hybridized carbons (Fsp3) is 0.923. The zero-order chi connectivity index (χ0) is 15.2. The van der Waals surface area contributed by atoms with Gasteiger partial charge in [-0.1, -0.05) is 13.3 Å². The van der Waals surface area contributed by atoms with Crippen LogP contribution in [0.1, 0.15) is 39.5 Å². The van der Waals surface area contributed by atoms with Crippen molar-refractivity contribution in [3.8, 4) is 0 Å². The highest BCUT2D eigenvalue weighted by Gasteiger charge is 2.35. The lowest BCUT2D eigenvalue weighted by molar-refractivity contribution is -0.139. The Bertz CT molecular complexity index is 405. The van der Waals surface area contributed by atoms with Gasteiger partial charge < -0.3 is 10.1 Å². The molecular weight excluding hydrogens is 280 g/mol. The lowest BCUT2D eigenvalue weighted by atomic mass is 10.2. The third-order valence-electron chi connectivity index (χ3n) is 3.69. The average molecular weight is 306 g/mol. The first kappa shape index (κ1) is 17.4. The Morgan fingerprint density at radius 1 is 1.50 bits per heavy atom. The van der Waals surface area contributed by atoms with E-state index in [0.717, 1.165) is 32.2 Å². The maximum atomic E-state index is 12.5. The Kier molecular flexibility index (Phi) is 6.91. The number of esters is 1. The van der Waals surface area contributed by atoms with Crippen LogP contribution < -0.4 is 5.32 Å². The maximum Gasteiger partial charge on any atom is 0.325 e. The van der Waals surface area contributed by atoms with Crippen LogP contribution in [-0.4, -0.2) is 56.7 Å². The van der Waals surface area contributed by atoms with Gasteiger partial charge in [-0.2, -0.15) is 4.31 Å². The normalized spacial score (nSPS) is 21.1. The molecule has 1 rings (SSSR count). The van der Waals surface area contributed by atoms with Crippen molar-refractivity contribution in [1.29, 1.82) is 0 Å². The molecule has 1 aliphatic heterocycles. The van der Waals surface area contributed by atoms with Crippen LogP contribution in [0.3, 0.4) is 0 Å². The van der Waals surface area contributed by atoms with Gasteiger partial charge in [-0.25, -0.2) is 8.42 Å². The first-order chi connectivity index (χ1) is 9.43. The fourth-order valence-electron chi connectivity index (χ4n) is 2.33. The monoisotopic (exact) mass is 306 g/mol. The number of methoxy groups -OCH3 is 1. The zero-order valence-corrected chi connectivity index (χ0v) is 13.4. The van der Waals surface area contributed by atoms with Crippen LogP contribution in [0.5, 0.6) is 0 Å². The van der Waals surface area contributed by atoms with Gasteiger partial charge in [0.2, 0.25) is 10.0 Å². The number of hydrogen-bond donors (Lipinski definition) is 1. The molecule has 2 atom stereocenters. The van der Waals surface area contributed by atoms with Crippen molar-refractivity contribution in [2.24, 2.45) is 0 Å². The van der Waals surface area contributed by atoms with Gasteiger partial charge in [0.15, 0.2) is 5.25 Å². The Hall–Kier alpha value is -0.660. The molecule has 0 aromatic carbocycles. The third kappa shape index (κ3) is 4.43. The molecule has 0 bridgehead atoms. The summed E-state index contributed by atoms with van der Waals surface area (Å²) in [4.78, 5) is 11.5. The van der Waals surface area contributed by atoms with E-state index in [0.29, 0.717) is 13.1 Å². The van der Waals surface area contributed by atoms with E-state index in [1.165, 1.54) is 18.3 Å². The largest absolute Gasteiger partial charge is 0.468 e. The average Bonchev–Trinajstić information content (AvgIpc) is 2.94. The number of nitrogens with zero attached hydrogens (tertiary/aromatic N) is 1. The predicted molar refractivity (Wildman–Crippen MR) is 77.9 cm³/mol. The van der Waals surface area contributed by atoms with Crippen LogP contribution >= 0.6 is 0 Å². The second-order valence-electron chi connectivity index (χ2n) is 5.22. The summed E-state index contributed by atoms with van der Waals surface area (Å²) in [7, 11) is -2.44. The SMILES string of the molecule is CCCCN(CC1CCCN1)S(=O)(=O)C(C)C(=O)OC. The van der Waals surface area contributed by atoms with Gasteiger partial charge in [0, 0.05) is 19.1 Å². The summed E-state index contributed by atoms with van der Waals surface area (Å²) in [5.74, 6) is -0.703. The number of unbranched alkanes of at least 4 members (excludes halogenated alkanes) is 1. The van der Waals surface area contributed by atoms with Crippen LogP contribution in [0, 0.1) is 0 Å². The number of carbonyl (C=O) groups is 1. The first-order valence-electron chi connectivity index (χ1n) is 7.23. The van der Waals surface area contributed by atoms with Crippen molar-refractivity contribution in [2.45, 2.75) is 50.8 Å². The molecule has 118 valence electrons. The summed E-state index contributed by atoms with van der Waals surface area (Å²) in [6, 6.07) is 0.187. The molecule has 1 N–H and O–H groups in total. The summed E-state index contributed by atoms with van der Waals surface area (Å²) >= 11 is 0.